The molecule has 3 aliphatic rings. The van der Waals surface area contributed by atoms with Crippen LogP contribution in [0.3, 0.4) is 0 Å². The SMILES string of the molecule is CCOC(=O)C1CNCCN1C1CC(C)N(C2CC2)C1. The zero-order valence-corrected chi connectivity index (χ0v) is 12.7. The first-order valence-corrected chi connectivity index (χ1v) is 8.09. The lowest BCUT2D eigenvalue weighted by Crippen LogP contribution is -2.59. The molecule has 0 aromatic rings. The summed E-state index contributed by atoms with van der Waals surface area (Å²) < 4.78 is 5.25. The van der Waals surface area contributed by atoms with Crippen molar-refractivity contribution in [1.82, 2.24) is 15.1 Å². The van der Waals surface area contributed by atoms with Gasteiger partial charge in [-0.2, -0.15) is 0 Å². The Labute approximate surface area is 121 Å². The zero-order chi connectivity index (χ0) is 14.1. The summed E-state index contributed by atoms with van der Waals surface area (Å²) in [5, 5.41) is 3.33. The molecule has 20 heavy (non-hydrogen) atoms. The number of likely N-dealkylation sites (tertiary alicyclic amines) is 1. The lowest BCUT2D eigenvalue weighted by molar-refractivity contribution is -0.151. The highest BCUT2D eigenvalue weighted by atomic mass is 16.5. The maximum atomic E-state index is 12.2. The van der Waals surface area contributed by atoms with Gasteiger partial charge in [0.25, 0.3) is 0 Å². The molecule has 3 rings (SSSR count). The highest BCUT2D eigenvalue weighted by molar-refractivity contribution is 5.76. The van der Waals surface area contributed by atoms with Crippen LogP contribution < -0.4 is 5.32 Å². The largest absolute Gasteiger partial charge is 0.465 e. The molecule has 2 aliphatic heterocycles. The first kappa shape index (κ1) is 14.3. The standard InChI is InChI=1S/C15H27N3O2/c1-3-20-15(19)14-9-16-6-7-17(14)13-8-11(2)18(10-13)12-4-5-12/h11-14,16H,3-10H2,1-2H3. The van der Waals surface area contributed by atoms with Crippen molar-refractivity contribution in [1.29, 1.82) is 0 Å². The number of piperazine rings is 1. The highest BCUT2D eigenvalue weighted by Crippen LogP contribution is 2.35. The molecule has 3 unspecified atom stereocenters. The molecule has 1 N–H and O–H groups in total. The van der Waals surface area contributed by atoms with E-state index in [0.29, 0.717) is 18.7 Å². The van der Waals surface area contributed by atoms with Crippen molar-refractivity contribution in [3.8, 4) is 0 Å². The monoisotopic (exact) mass is 281 g/mol. The Morgan fingerprint density at radius 3 is 2.80 bits per heavy atom. The quantitative estimate of drug-likeness (QED) is 0.758. The van der Waals surface area contributed by atoms with Crippen LogP contribution >= 0.6 is 0 Å². The summed E-state index contributed by atoms with van der Waals surface area (Å²) in [6.07, 6.45) is 3.91. The molecule has 3 atom stereocenters. The second-order valence-electron chi connectivity index (χ2n) is 6.38. The number of carbonyl (C=O) groups is 1. The highest BCUT2D eigenvalue weighted by Gasteiger charge is 2.43. The third kappa shape index (κ3) is 2.85. The Kier molecular flexibility index (Phi) is 4.29. The van der Waals surface area contributed by atoms with E-state index in [4.69, 9.17) is 4.74 Å². The van der Waals surface area contributed by atoms with E-state index >= 15 is 0 Å². The molecule has 0 bridgehead atoms. The number of hydrogen-bond acceptors (Lipinski definition) is 5. The van der Waals surface area contributed by atoms with E-state index in [1.807, 2.05) is 6.92 Å². The first-order chi connectivity index (χ1) is 9.70. The summed E-state index contributed by atoms with van der Waals surface area (Å²) in [6, 6.07) is 1.89. The van der Waals surface area contributed by atoms with Crippen LogP contribution in [-0.4, -0.2) is 72.7 Å². The van der Waals surface area contributed by atoms with Gasteiger partial charge in [-0.1, -0.05) is 0 Å². The predicted molar refractivity (Wildman–Crippen MR) is 77.6 cm³/mol. The number of esters is 1. The molecule has 0 aromatic carbocycles. The number of hydrogen-bond donors (Lipinski definition) is 1. The second-order valence-corrected chi connectivity index (χ2v) is 6.38. The van der Waals surface area contributed by atoms with Crippen LogP contribution in [0, 0.1) is 0 Å². The minimum absolute atomic E-state index is 0.0581. The van der Waals surface area contributed by atoms with Gasteiger partial charge in [-0.15, -0.1) is 0 Å². The van der Waals surface area contributed by atoms with Gasteiger partial charge in [0.2, 0.25) is 0 Å². The number of nitrogens with one attached hydrogen (secondary N) is 1. The Balaban J connectivity index is 1.65. The van der Waals surface area contributed by atoms with Gasteiger partial charge in [-0.3, -0.25) is 14.6 Å². The molecule has 0 spiro atoms. The molecule has 2 saturated heterocycles. The molecule has 0 amide bonds. The molecule has 114 valence electrons. The summed E-state index contributed by atoms with van der Waals surface area (Å²) in [5.74, 6) is -0.0581. The van der Waals surface area contributed by atoms with Crippen molar-refractivity contribution in [3.63, 3.8) is 0 Å². The van der Waals surface area contributed by atoms with Crippen molar-refractivity contribution in [2.24, 2.45) is 0 Å². The lowest BCUT2D eigenvalue weighted by atomic mass is 10.1. The molecule has 0 radical (unpaired) electrons. The van der Waals surface area contributed by atoms with Gasteiger partial charge >= 0.3 is 5.97 Å². The normalized spacial score (nSPS) is 36.2. The van der Waals surface area contributed by atoms with Gasteiger partial charge in [-0.25, -0.2) is 0 Å². The summed E-state index contributed by atoms with van der Waals surface area (Å²) in [4.78, 5) is 17.2. The fraction of sp³-hybridized carbons (Fsp3) is 0.933. The van der Waals surface area contributed by atoms with E-state index in [9.17, 15) is 4.79 Å². The predicted octanol–water partition coefficient (Wildman–Crippen LogP) is 0.449. The summed E-state index contributed by atoms with van der Waals surface area (Å²) >= 11 is 0. The van der Waals surface area contributed by atoms with Crippen LogP contribution in [0.25, 0.3) is 0 Å². The maximum absolute atomic E-state index is 12.2. The van der Waals surface area contributed by atoms with Gasteiger partial charge < -0.3 is 10.1 Å². The molecule has 5 nitrogen and oxygen atoms in total. The maximum Gasteiger partial charge on any atom is 0.324 e. The second kappa shape index (κ2) is 6.00. The van der Waals surface area contributed by atoms with E-state index in [1.54, 1.807) is 0 Å². The van der Waals surface area contributed by atoms with Crippen molar-refractivity contribution in [2.75, 3.05) is 32.8 Å². The third-order valence-corrected chi connectivity index (χ3v) is 4.93. The molecule has 3 fully saturated rings. The molecule has 2 heterocycles. The first-order valence-electron chi connectivity index (χ1n) is 8.09. The minimum atomic E-state index is -0.0972. The molecule has 0 aromatic heterocycles. The van der Waals surface area contributed by atoms with E-state index in [-0.39, 0.29) is 12.0 Å². The third-order valence-electron chi connectivity index (χ3n) is 4.93. The Bertz CT molecular complexity index is 359. The Morgan fingerprint density at radius 2 is 2.10 bits per heavy atom. The molecular weight excluding hydrogens is 254 g/mol. The van der Waals surface area contributed by atoms with E-state index < -0.39 is 0 Å². The van der Waals surface area contributed by atoms with Gasteiger partial charge in [0, 0.05) is 44.3 Å². The average molecular weight is 281 g/mol. The number of carbonyl (C=O) groups excluding carboxylic acids is 1. The summed E-state index contributed by atoms with van der Waals surface area (Å²) in [5.41, 5.74) is 0. The molecule has 1 aliphatic carbocycles. The van der Waals surface area contributed by atoms with Crippen molar-refractivity contribution in [2.45, 2.75) is 57.3 Å². The van der Waals surface area contributed by atoms with Crippen LogP contribution in [0.1, 0.15) is 33.1 Å². The topological polar surface area (TPSA) is 44.8 Å². The van der Waals surface area contributed by atoms with Gasteiger partial charge in [-0.05, 0) is 33.1 Å². The number of nitrogens with zero attached hydrogens (tertiary/aromatic N) is 2. The van der Waals surface area contributed by atoms with Crippen LogP contribution in [0.4, 0.5) is 0 Å². The van der Waals surface area contributed by atoms with Crippen LogP contribution in [0.15, 0.2) is 0 Å². The van der Waals surface area contributed by atoms with Crippen LogP contribution in [0.5, 0.6) is 0 Å². The van der Waals surface area contributed by atoms with Crippen LogP contribution in [-0.2, 0) is 9.53 Å². The number of rotatable bonds is 4. The molecule has 1 saturated carbocycles. The van der Waals surface area contributed by atoms with Gasteiger partial charge in [0.15, 0.2) is 0 Å². The minimum Gasteiger partial charge on any atom is -0.465 e. The van der Waals surface area contributed by atoms with E-state index in [1.165, 1.54) is 19.3 Å². The van der Waals surface area contributed by atoms with E-state index in [0.717, 1.165) is 32.2 Å². The Hall–Kier alpha value is -0.650. The lowest BCUT2D eigenvalue weighted by Gasteiger charge is -2.38. The number of ether oxygens (including phenoxy) is 1. The average Bonchev–Trinajstić information content (AvgIpc) is 3.22. The fourth-order valence-electron chi connectivity index (χ4n) is 3.80. The molecular formula is C15H27N3O2. The smallest absolute Gasteiger partial charge is 0.324 e. The molecule has 5 heteroatoms. The van der Waals surface area contributed by atoms with Crippen molar-refractivity contribution >= 4 is 5.97 Å². The van der Waals surface area contributed by atoms with Crippen molar-refractivity contribution in [3.05, 3.63) is 0 Å². The van der Waals surface area contributed by atoms with Crippen molar-refractivity contribution < 1.29 is 9.53 Å². The summed E-state index contributed by atoms with van der Waals surface area (Å²) in [6.45, 7) is 8.47. The van der Waals surface area contributed by atoms with Crippen LogP contribution in [0.2, 0.25) is 0 Å². The zero-order valence-electron chi connectivity index (χ0n) is 12.7. The Morgan fingerprint density at radius 1 is 1.30 bits per heavy atom. The summed E-state index contributed by atoms with van der Waals surface area (Å²) in [7, 11) is 0. The fourth-order valence-corrected chi connectivity index (χ4v) is 3.80. The van der Waals surface area contributed by atoms with Gasteiger partial charge in [0.05, 0.1) is 6.61 Å². The van der Waals surface area contributed by atoms with Gasteiger partial charge in [0.1, 0.15) is 6.04 Å². The van der Waals surface area contributed by atoms with E-state index in [2.05, 4.69) is 22.0 Å².